The number of methoxy groups -OCH3 is 1. The second-order valence-electron chi connectivity index (χ2n) is 4.94. The molecule has 0 aliphatic carbocycles. The Hall–Kier alpha value is -2.10. The zero-order chi connectivity index (χ0) is 15.8. The van der Waals surface area contributed by atoms with E-state index >= 15 is 0 Å². The number of carbonyl (C=O) groups is 2. The summed E-state index contributed by atoms with van der Waals surface area (Å²) < 4.78 is 4.59. The van der Waals surface area contributed by atoms with Crippen LogP contribution < -0.4 is 0 Å². The number of rotatable bonds is 6. The molecular weight excluding hydrogens is 266 g/mol. The quantitative estimate of drug-likeness (QED) is 0.597. The van der Waals surface area contributed by atoms with Gasteiger partial charge >= 0.3 is 5.97 Å². The zero-order valence-corrected chi connectivity index (χ0v) is 13.2. The standard InChI is InChI=1S/C17H23NO3/c1-5-18(11-10-17(20)21-4)16(19)9-8-15-7-6-13(2)12-14(15)3/h6-9,12H,5,10-11H2,1-4H3/b9-8+. The minimum absolute atomic E-state index is 0.0959. The number of carbonyl (C=O) groups excluding carboxylic acids is 2. The smallest absolute Gasteiger partial charge is 0.307 e. The Labute approximate surface area is 126 Å². The minimum atomic E-state index is -0.306. The van der Waals surface area contributed by atoms with Crippen molar-refractivity contribution in [2.24, 2.45) is 0 Å². The molecular formula is C17H23NO3. The van der Waals surface area contributed by atoms with Crippen LogP contribution in [0.3, 0.4) is 0 Å². The molecule has 0 heterocycles. The monoisotopic (exact) mass is 289 g/mol. The van der Waals surface area contributed by atoms with Gasteiger partial charge in [-0.3, -0.25) is 9.59 Å². The highest BCUT2D eigenvalue weighted by Crippen LogP contribution is 2.12. The molecule has 1 rings (SSSR count). The van der Waals surface area contributed by atoms with Gasteiger partial charge in [0.15, 0.2) is 0 Å². The molecule has 0 aliphatic rings. The molecule has 1 amide bonds. The molecule has 4 heteroatoms. The van der Waals surface area contributed by atoms with Crippen LogP contribution in [0, 0.1) is 13.8 Å². The van der Waals surface area contributed by atoms with E-state index in [0.29, 0.717) is 13.1 Å². The van der Waals surface area contributed by atoms with E-state index in [4.69, 9.17) is 0 Å². The van der Waals surface area contributed by atoms with Gasteiger partial charge in [-0.05, 0) is 38.0 Å². The van der Waals surface area contributed by atoms with Crippen molar-refractivity contribution in [3.8, 4) is 0 Å². The first-order valence-corrected chi connectivity index (χ1v) is 7.09. The van der Waals surface area contributed by atoms with E-state index < -0.39 is 0 Å². The molecule has 0 radical (unpaired) electrons. The number of hydrogen-bond donors (Lipinski definition) is 0. The summed E-state index contributed by atoms with van der Waals surface area (Å²) >= 11 is 0. The lowest BCUT2D eigenvalue weighted by molar-refractivity contribution is -0.141. The number of ether oxygens (including phenoxy) is 1. The molecule has 0 fully saturated rings. The molecule has 0 atom stereocenters. The van der Waals surface area contributed by atoms with Crippen molar-refractivity contribution in [3.63, 3.8) is 0 Å². The maximum Gasteiger partial charge on any atom is 0.307 e. The van der Waals surface area contributed by atoms with Crippen LogP contribution in [0.15, 0.2) is 24.3 Å². The molecule has 0 bridgehead atoms. The molecule has 0 saturated carbocycles. The average molecular weight is 289 g/mol. The summed E-state index contributed by atoms with van der Waals surface area (Å²) in [7, 11) is 1.35. The zero-order valence-electron chi connectivity index (χ0n) is 13.2. The fourth-order valence-electron chi connectivity index (χ4n) is 2.03. The first-order valence-electron chi connectivity index (χ1n) is 7.09. The molecule has 0 saturated heterocycles. The maximum absolute atomic E-state index is 12.1. The number of hydrogen-bond acceptors (Lipinski definition) is 3. The third-order valence-electron chi connectivity index (χ3n) is 3.34. The van der Waals surface area contributed by atoms with E-state index in [1.165, 1.54) is 12.7 Å². The molecule has 4 nitrogen and oxygen atoms in total. The highest BCUT2D eigenvalue weighted by Gasteiger charge is 2.10. The molecule has 0 spiro atoms. The van der Waals surface area contributed by atoms with Crippen molar-refractivity contribution in [2.45, 2.75) is 27.2 Å². The largest absolute Gasteiger partial charge is 0.469 e. The van der Waals surface area contributed by atoms with Gasteiger partial charge in [0.1, 0.15) is 0 Å². The highest BCUT2D eigenvalue weighted by atomic mass is 16.5. The number of aryl methyl sites for hydroxylation is 2. The number of benzene rings is 1. The maximum atomic E-state index is 12.1. The van der Waals surface area contributed by atoms with Crippen molar-refractivity contribution < 1.29 is 14.3 Å². The van der Waals surface area contributed by atoms with Crippen LogP contribution in [0.25, 0.3) is 6.08 Å². The van der Waals surface area contributed by atoms with Crippen LogP contribution >= 0.6 is 0 Å². The molecule has 0 aromatic heterocycles. The average Bonchev–Trinajstić information content (AvgIpc) is 2.46. The van der Waals surface area contributed by atoms with E-state index in [0.717, 1.165) is 11.1 Å². The molecule has 0 unspecified atom stereocenters. The second kappa shape index (κ2) is 8.25. The molecule has 0 N–H and O–H groups in total. The summed E-state index contributed by atoms with van der Waals surface area (Å²) in [6.45, 7) is 6.88. The van der Waals surface area contributed by atoms with Gasteiger partial charge < -0.3 is 9.64 Å². The summed E-state index contributed by atoms with van der Waals surface area (Å²) in [4.78, 5) is 24.9. The lowest BCUT2D eigenvalue weighted by Gasteiger charge is -2.18. The van der Waals surface area contributed by atoms with E-state index in [9.17, 15) is 9.59 Å². The minimum Gasteiger partial charge on any atom is -0.469 e. The number of likely N-dealkylation sites (N-methyl/N-ethyl adjacent to an activating group) is 1. The fourth-order valence-corrected chi connectivity index (χ4v) is 2.03. The van der Waals surface area contributed by atoms with Gasteiger partial charge in [0, 0.05) is 19.2 Å². The fraction of sp³-hybridized carbons (Fsp3) is 0.412. The van der Waals surface area contributed by atoms with Crippen molar-refractivity contribution in [3.05, 3.63) is 41.0 Å². The molecule has 1 aromatic carbocycles. The SMILES string of the molecule is CCN(CCC(=O)OC)C(=O)/C=C/c1ccc(C)cc1C. The summed E-state index contributed by atoms with van der Waals surface area (Å²) in [5.74, 6) is -0.402. The Morgan fingerprint density at radius 1 is 1.29 bits per heavy atom. The van der Waals surface area contributed by atoms with Crippen LogP contribution in [0.1, 0.15) is 30.0 Å². The van der Waals surface area contributed by atoms with Gasteiger partial charge in [-0.15, -0.1) is 0 Å². The lowest BCUT2D eigenvalue weighted by Crippen LogP contribution is -2.31. The van der Waals surface area contributed by atoms with Gasteiger partial charge in [0.2, 0.25) is 5.91 Å². The highest BCUT2D eigenvalue weighted by molar-refractivity contribution is 5.92. The van der Waals surface area contributed by atoms with Gasteiger partial charge in [0.05, 0.1) is 13.5 Å². The summed E-state index contributed by atoms with van der Waals surface area (Å²) in [6.07, 6.45) is 3.59. The third-order valence-corrected chi connectivity index (χ3v) is 3.34. The topological polar surface area (TPSA) is 46.6 Å². The first-order chi connectivity index (χ1) is 9.97. The second-order valence-corrected chi connectivity index (χ2v) is 4.94. The van der Waals surface area contributed by atoms with Crippen molar-refractivity contribution in [1.82, 2.24) is 4.90 Å². The van der Waals surface area contributed by atoms with Crippen LogP contribution in [0.5, 0.6) is 0 Å². The molecule has 0 aliphatic heterocycles. The number of nitrogens with zero attached hydrogens (tertiary/aromatic N) is 1. The Balaban J connectivity index is 2.68. The lowest BCUT2D eigenvalue weighted by atomic mass is 10.1. The number of amides is 1. The van der Waals surface area contributed by atoms with E-state index in [2.05, 4.69) is 10.8 Å². The van der Waals surface area contributed by atoms with E-state index in [1.807, 2.05) is 39.0 Å². The Kier molecular flexibility index (Phi) is 6.66. The Morgan fingerprint density at radius 2 is 2.00 bits per heavy atom. The first kappa shape index (κ1) is 17.0. The van der Waals surface area contributed by atoms with E-state index in [1.54, 1.807) is 11.0 Å². The van der Waals surface area contributed by atoms with E-state index in [-0.39, 0.29) is 18.3 Å². The summed E-state index contributed by atoms with van der Waals surface area (Å²) in [6, 6.07) is 6.10. The van der Waals surface area contributed by atoms with Crippen LogP contribution in [-0.2, 0) is 14.3 Å². The van der Waals surface area contributed by atoms with Crippen LogP contribution in [-0.4, -0.2) is 37.0 Å². The summed E-state index contributed by atoms with van der Waals surface area (Å²) in [5.41, 5.74) is 3.36. The number of esters is 1. The predicted octanol–water partition coefficient (Wildman–Crippen LogP) is 2.73. The van der Waals surface area contributed by atoms with Crippen LogP contribution in [0.4, 0.5) is 0 Å². The van der Waals surface area contributed by atoms with Gasteiger partial charge in [-0.2, -0.15) is 0 Å². The molecule has 21 heavy (non-hydrogen) atoms. The van der Waals surface area contributed by atoms with Crippen molar-refractivity contribution >= 4 is 18.0 Å². The van der Waals surface area contributed by atoms with Crippen molar-refractivity contribution in [1.29, 1.82) is 0 Å². The van der Waals surface area contributed by atoms with Gasteiger partial charge in [0.25, 0.3) is 0 Å². The summed E-state index contributed by atoms with van der Waals surface area (Å²) in [5, 5.41) is 0. The predicted molar refractivity (Wildman–Crippen MR) is 83.8 cm³/mol. The van der Waals surface area contributed by atoms with Gasteiger partial charge in [-0.1, -0.05) is 23.8 Å². The molecule has 1 aromatic rings. The van der Waals surface area contributed by atoms with Crippen LogP contribution in [0.2, 0.25) is 0 Å². The third kappa shape index (κ3) is 5.42. The Morgan fingerprint density at radius 3 is 2.57 bits per heavy atom. The van der Waals surface area contributed by atoms with Gasteiger partial charge in [-0.25, -0.2) is 0 Å². The molecule has 114 valence electrons. The normalized spacial score (nSPS) is 10.7. The Bertz CT molecular complexity index is 535. The van der Waals surface area contributed by atoms with Crippen molar-refractivity contribution in [2.75, 3.05) is 20.2 Å².